The second kappa shape index (κ2) is 5.42. The lowest BCUT2D eigenvalue weighted by Gasteiger charge is -1.94. The molecule has 0 aliphatic rings. The molecule has 1 nitrogen and oxygen atoms in total. The predicted molar refractivity (Wildman–Crippen MR) is 42.2 cm³/mol. The van der Waals surface area contributed by atoms with Gasteiger partial charge in [-0.05, 0) is 25.1 Å². The van der Waals surface area contributed by atoms with Gasteiger partial charge >= 0.3 is 0 Å². The molecule has 0 saturated carbocycles. The van der Waals surface area contributed by atoms with Crippen molar-refractivity contribution in [3.63, 3.8) is 0 Å². The zero-order chi connectivity index (χ0) is 7.11. The van der Waals surface area contributed by atoms with Crippen molar-refractivity contribution in [2.45, 2.75) is 20.3 Å². The molecule has 0 aliphatic heterocycles. The maximum atomic E-state index is 2.99. The van der Waals surface area contributed by atoms with E-state index in [-0.39, 0.29) is 0 Å². The molecule has 52 valence electrons. The van der Waals surface area contributed by atoms with Crippen LogP contribution in [-0.4, -0.2) is 7.05 Å². The van der Waals surface area contributed by atoms with Gasteiger partial charge in [-0.25, -0.2) is 0 Å². The molecule has 0 unspecified atom stereocenters. The van der Waals surface area contributed by atoms with Crippen molar-refractivity contribution in [1.82, 2.24) is 5.32 Å². The van der Waals surface area contributed by atoms with Crippen LogP contribution < -0.4 is 5.32 Å². The molecular formula is C8H15N. The highest BCUT2D eigenvalue weighted by atomic mass is 14.8. The number of hydrogen-bond donors (Lipinski definition) is 1. The van der Waals surface area contributed by atoms with E-state index in [0.29, 0.717) is 0 Å². The van der Waals surface area contributed by atoms with E-state index >= 15 is 0 Å². The molecule has 0 aromatic rings. The molecule has 0 heterocycles. The Morgan fingerprint density at radius 1 is 1.56 bits per heavy atom. The minimum Gasteiger partial charge on any atom is -0.394 e. The zero-order valence-electron chi connectivity index (χ0n) is 6.44. The van der Waals surface area contributed by atoms with Crippen molar-refractivity contribution in [3.8, 4) is 0 Å². The lowest BCUT2D eigenvalue weighted by molar-refractivity contribution is 1.04. The summed E-state index contributed by atoms with van der Waals surface area (Å²) < 4.78 is 0. The van der Waals surface area contributed by atoms with E-state index in [9.17, 15) is 0 Å². The fourth-order valence-corrected chi connectivity index (χ4v) is 0.667. The van der Waals surface area contributed by atoms with Gasteiger partial charge < -0.3 is 5.32 Å². The third kappa shape index (κ3) is 3.83. The Kier molecular flexibility index (Phi) is 4.98. The fraction of sp³-hybridized carbons (Fsp3) is 0.500. The zero-order valence-corrected chi connectivity index (χ0v) is 6.44. The van der Waals surface area contributed by atoms with E-state index in [1.165, 1.54) is 5.57 Å². The van der Waals surface area contributed by atoms with Crippen molar-refractivity contribution in [1.29, 1.82) is 0 Å². The summed E-state index contributed by atoms with van der Waals surface area (Å²) in [5, 5.41) is 2.99. The van der Waals surface area contributed by atoms with E-state index in [1.54, 1.807) is 0 Å². The summed E-state index contributed by atoms with van der Waals surface area (Å²) in [6, 6.07) is 0. The second-order valence-electron chi connectivity index (χ2n) is 1.86. The van der Waals surface area contributed by atoms with Crippen molar-refractivity contribution in [2.75, 3.05) is 7.05 Å². The van der Waals surface area contributed by atoms with E-state index in [0.717, 1.165) is 6.42 Å². The maximum absolute atomic E-state index is 2.99. The molecule has 0 aromatic heterocycles. The summed E-state index contributed by atoms with van der Waals surface area (Å²) in [6.07, 6.45) is 7.26. The maximum Gasteiger partial charge on any atom is 0.00278 e. The molecule has 0 amide bonds. The average molecular weight is 125 g/mol. The van der Waals surface area contributed by atoms with Crippen LogP contribution in [0, 0.1) is 0 Å². The van der Waals surface area contributed by atoms with Crippen LogP contribution in [0.4, 0.5) is 0 Å². The van der Waals surface area contributed by atoms with Crippen molar-refractivity contribution >= 4 is 0 Å². The predicted octanol–water partition coefficient (Wildman–Crippen LogP) is 2.08. The molecule has 0 aliphatic carbocycles. The summed E-state index contributed by atoms with van der Waals surface area (Å²) >= 11 is 0. The Labute approximate surface area is 57.5 Å². The largest absolute Gasteiger partial charge is 0.394 e. The topological polar surface area (TPSA) is 12.0 Å². The quantitative estimate of drug-likeness (QED) is 0.569. The molecule has 0 radical (unpaired) electrons. The molecule has 0 fully saturated rings. The first kappa shape index (κ1) is 8.28. The van der Waals surface area contributed by atoms with E-state index in [2.05, 4.69) is 18.3 Å². The first-order valence-corrected chi connectivity index (χ1v) is 3.34. The summed E-state index contributed by atoms with van der Waals surface area (Å²) in [6.45, 7) is 4.17. The first-order valence-electron chi connectivity index (χ1n) is 3.34. The number of hydrogen-bond acceptors (Lipinski definition) is 1. The molecule has 0 spiro atoms. The Hall–Kier alpha value is -0.720. The van der Waals surface area contributed by atoms with Crippen molar-refractivity contribution < 1.29 is 0 Å². The molecule has 0 aromatic carbocycles. The van der Waals surface area contributed by atoms with Gasteiger partial charge in [-0.1, -0.05) is 19.1 Å². The molecule has 1 N–H and O–H groups in total. The average Bonchev–Trinajstić information content (AvgIpc) is 1.88. The van der Waals surface area contributed by atoms with Crippen molar-refractivity contribution in [2.24, 2.45) is 0 Å². The van der Waals surface area contributed by atoms with Crippen molar-refractivity contribution in [3.05, 3.63) is 23.9 Å². The highest BCUT2D eigenvalue weighted by molar-refractivity contribution is 5.16. The molecular weight excluding hydrogens is 110 g/mol. The molecule has 9 heavy (non-hydrogen) atoms. The number of rotatable bonds is 3. The fourth-order valence-electron chi connectivity index (χ4n) is 0.667. The van der Waals surface area contributed by atoms with E-state index in [4.69, 9.17) is 0 Å². The minimum absolute atomic E-state index is 1.09. The van der Waals surface area contributed by atoms with Crippen LogP contribution in [-0.2, 0) is 0 Å². The van der Waals surface area contributed by atoms with E-state index in [1.807, 2.05) is 26.2 Å². The Balaban J connectivity index is 3.81. The van der Waals surface area contributed by atoms with E-state index < -0.39 is 0 Å². The van der Waals surface area contributed by atoms with Crippen LogP contribution in [0.15, 0.2) is 23.9 Å². The molecule has 1 heteroatoms. The van der Waals surface area contributed by atoms with Gasteiger partial charge in [-0.2, -0.15) is 0 Å². The van der Waals surface area contributed by atoms with Gasteiger partial charge in [0, 0.05) is 7.05 Å². The smallest absolute Gasteiger partial charge is 0.00278 e. The summed E-state index contributed by atoms with van der Waals surface area (Å²) in [7, 11) is 1.92. The van der Waals surface area contributed by atoms with Crippen LogP contribution in [0.5, 0.6) is 0 Å². The Morgan fingerprint density at radius 2 is 2.22 bits per heavy atom. The van der Waals surface area contributed by atoms with Gasteiger partial charge in [0.15, 0.2) is 0 Å². The van der Waals surface area contributed by atoms with Crippen LogP contribution in [0.1, 0.15) is 20.3 Å². The molecule has 0 saturated heterocycles. The molecule has 0 bridgehead atoms. The standard InChI is InChI=1S/C8H15N/c1-4-6-8(5-2)7-9-3/h4,6-7,9H,5H2,1-3H3/b6-4-,8-7-. The summed E-state index contributed by atoms with van der Waals surface area (Å²) in [5.41, 5.74) is 1.33. The van der Waals surface area contributed by atoms with Crippen LogP contribution >= 0.6 is 0 Å². The van der Waals surface area contributed by atoms with Gasteiger partial charge in [0.25, 0.3) is 0 Å². The number of nitrogens with one attached hydrogen (secondary N) is 1. The third-order valence-corrected chi connectivity index (χ3v) is 1.12. The SMILES string of the molecule is C/C=C\C(=C/NC)CC. The third-order valence-electron chi connectivity index (χ3n) is 1.12. The molecule has 0 atom stereocenters. The van der Waals surface area contributed by atoms with Gasteiger partial charge in [0.05, 0.1) is 0 Å². The lowest BCUT2D eigenvalue weighted by atomic mass is 10.2. The Bertz CT molecular complexity index is 112. The summed E-state index contributed by atoms with van der Waals surface area (Å²) in [5.74, 6) is 0. The Morgan fingerprint density at radius 3 is 2.56 bits per heavy atom. The van der Waals surface area contributed by atoms with Gasteiger partial charge in [0.2, 0.25) is 0 Å². The normalized spacial score (nSPS) is 12.6. The minimum atomic E-state index is 1.09. The summed E-state index contributed by atoms with van der Waals surface area (Å²) in [4.78, 5) is 0. The number of allylic oxidation sites excluding steroid dienone is 3. The van der Waals surface area contributed by atoms with Gasteiger partial charge in [0.1, 0.15) is 0 Å². The van der Waals surface area contributed by atoms with Crippen LogP contribution in [0.3, 0.4) is 0 Å². The van der Waals surface area contributed by atoms with Gasteiger partial charge in [-0.3, -0.25) is 0 Å². The van der Waals surface area contributed by atoms with Crippen LogP contribution in [0.2, 0.25) is 0 Å². The highest BCUT2D eigenvalue weighted by Crippen LogP contribution is 1.99. The monoisotopic (exact) mass is 125 g/mol. The highest BCUT2D eigenvalue weighted by Gasteiger charge is 1.82. The van der Waals surface area contributed by atoms with Gasteiger partial charge in [-0.15, -0.1) is 0 Å². The second-order valence-corrected chi connectivity index (χ2v) is 1.86. The van der Waals surface area contributed by atoms with Crippen LogP contribution in [0.25, 0.3) is 0 Å². The first-order chi connectivity index (χ1) is 4.35. The lowest BCUT2D eigenvalue weighted by Crippen LogP contribution is -1.94. The molecule has 0 rings (SSSR count).